The highest BCUT2D eigenvalue weighted by atomic mass is 32.1. The molecule has 1 heterocycles. The van der Waals surface area contributed by atoms with E-state index in [1.54, 1.807) is 37.6 Å². The first-order valence-electron chi connectivity index (χ1n) is 7.42. The van der Waals surface area contributed by atoms with Crippen molar-refractivity contribution in [2.75, 3.05) is 7.11 Å². The Morgan fingerprint density at radius 3 is 2.84 bits per heavy atom. The second-order valence-corrected chi connectivity index (χ2v) is 5.45. The highest BCUT2D eigenvalue weighted by molar-refractivity contribution is 7.71. The van der Waals surface area contributed by atoms with Gasteiger partial charge in [0.1, 0.15) is 23.9 Å². The molecule has 2 N–H and O–H groups in total. The molecule has 0 fully saturated rings. The molecule has 1 aromatic heterocycles. The van der Waals surface area contributed by atoms with Gasteiger partial charge >= 0.3 is 0 Å². The molecule has 3 aromatic rings. The van der Waals surface area contributed by atoms with E-state index in [9.17, 15) is 5.11 Å². The van der Waals surface area contributed by atoms with Crippen LogP contribution >= 0.6 is 12.2 Å². The molecule has 0 radical (unpaired) electrons. The molecule has 0 spiro atoms. The van der Waals surface area contributed by atoms with Crippen molar-refractivity contribution in [2.24, 2.45) is 5.10 Å². The van der Waals surface area contributed by atoms with Crippen LogP contribution in [0.5, 0.6) is 17.2 Å². The Morgan fingerprint density at radius 2 is 2.04 bits per heavy atom. The lowest BCUT2D eigenvalue weighted by Crippen LogP contribution is -2.04. The van der Waals surface area contributed by atoms with Crippen molar-refractivity contribution in [3.63, 3.8) is 0 Å². The van der Waals surface area contributed by atoms with Crippen molar-refractivity contribution in [3.05, 3.63) is 64.7 Å². The maximum atomic E-state index is 9.49. The monoisotopic (exact) mass is 356 g/mol. The number of aromatic nitrogens is 3. The van der Waals surface area contributed by atoms with E-state index in [-0.39, 0.29) is 12.4 Å². The van der Waals surface area contributed by atoms with Crippen molar-refractivity contribution in [1.29, 1.82) is 0 Å². The molecule has 0 atom stereocenters. The quantitative estimate of drug-likeness (QED) is 0.524. The number of phenols is 1. The number of nitrogens with one attached hydrogen (secondary N) is 1. The van der Waals surface area contributed by atoms with Gasteiger partial charge in [0.25, 0.3) is 0 Å². The SMILES string of the molecule is COc1cccc(OCc2n[nH]c(=S)n2/N=C\c2cccc(O)c2)c1. The number of nitrogens with zero attached hydrogens (tertiary/aromatic N) is 3. The average Bonchev–Trinajstić information content (AvgIpc) is 2.98. The first-order valence-corrected chi connectivity index (χ1v) is 7.83. The number of phenolic OH excluding ortho intramolecular Hbond substituents is 1. The zero-order valence-corrected chi connectivity index (χ0v) is 14.2. The maximum Gasteiger partial charge on any atom is 0.216 e. The molecule has 25 heavy (non-hydrogen) atoms. The number of aromatic amines is 1. The molecule has 128 valence electrons. The second-order valence-electron chi connectivity index (χ2n) is 5.06. The predicted molar refractivity (Wildman–Crippen MR) is 95.8 cm³/mol. The van der Waals surface area contributed by atoms with Gasteiger partial charge in [0.15, 0.2) is 5.82 Å². The molecular weight excluding hydrogens is 340 g/mol. The van der Waals surface area contributed by atoms with E-state index in [2.05, 4.69) is 15.3 Å². The summed E-state index contributed by atoms with van der Waals surface area (Å²) < 4.78 is 12.7. The number of aromatic hydroxyl groups is 1. The third kappa shape index (κ3) is 4.24. The number of ether oxygens (including phenoxy) is 2. The van der Waals surface area contributed by atoms with E-state index in [0.717, 1.165) is 5.56 Å². The van der Waals surface area contributed by atoms with Gasteiger partial charge in [0.2, 0.25) is 4.77 Å². The van der Waals surface area contributed by atoms with Crippen molar-refractivity contribution < 1.29 is 14.6 Å². The zero-order chi connectivity index (χ0) is 17.6. The number of rotatable bonds is 6. The van der Waals surface area contributed by atoms with Crippen LogP contribution in [0.15, 0.2) is 53.6 Å². The standard InChI is InChI=1S/C17H16N4O3S/c1-23-14-6-3-7-15(9-14)24-11-16-19-20-17(25)21(16)18-10-12-4-2-5-13(22)8-12/h2-10,22H,11H2,1H3,(H,20,25)/b18-10-. The molecule has 0 unspecified atom stereocenters. The van der Waals surface area contributed by atoms with Gasteiger partial charge in [-0.15, -0.1) is 0 Å². The van der Waals surface area contributed by atoms with Crippen molar-refractivity contribution in [3.8, 4) is 17.2 Å². The van der Waals surface area contributed by atoms with Gasteiger partial charge < -0.3 is 14.6 Å². The topological polar surface area (TPSA) is 84.7 Å². The highest BCUT2D eigenvalue weighted by Crippen LogP contribution is 2.19. The van der Waals surface area contributed by atoms with Crippen LogP contribution in [0.25, 0.3) is 0 Å². The van der Waals surface area contributed by atoms with Crippen LogP contribution in [0.2, 0.25) is 0 Å². The normalized spacial score (nSPS) is 10.9. The Morgan fingerprint density at radius 1 is 1.24 bits per heavy atom. The van der Waals surface area contributed by atoms with Crippen molar-refractivity contribution in [1.82, 2.24) is 14.9 Å². The molecule has 0 aliphatic carbocycles. The summed E-state index contributed by atoms with van der Waals surface area (Å²) in [5, 5.41) is 20.6. The van der Waals surface area contributed by atoms with Crippen LogP contribution in [-0.2, 0) is 6.61 Å². The minimum Gasteiger partial charge on any atom is -0.508 e. The molecular formula is C17H16N4O3S. The maximum absolute atomic E-state index is 9.49. The molecule has 0 saturated heterocycles. The molecule has 3 rings (SSSR count). The summed E-state index contributed by atoms with van der Waals surface area (Å²) in [4.78, 5) is 0. The summed E-state index contributed by atoms with van der Waals surface area (Å²) >= 11 is 5.19. The van der Waals surface area contributed by atoms with Crippen LogP contribution in [0, 0.1) is 4.77 Å². The Balaban J connectivity index is 1.76. The first kappa shape index (κ1) is 16.7. The summed E-state index contributed by atoms with van der Waals surface area (Å²) in [5.41, 5.74) is 0.739. The fourth-order valence-corrected chi connectivity index (χ4v) is 2.30. The van der Waals surface area contributed by atoms with Gasteiger partial charge in [-0.1, -0.05) is 18.2 Å². The molecule has 7 nitrogen and oxygen atoms in total. The van der Waals surface area contributed by atoms with Crippen LogP contribution < -0.4 is 9.47 Å². The average molecular weight is 356 g/mol. The van der Waals surface area contributed by atoms with E-state index in [1.807, 2.05) is 24.3 Å². The summed E-state index contributed by atoms with van der Waals surface area (Å²) in [6.45, 7) is 0.178. The fraction of sp³-hybridized carbons (Fsp3) is 0.118. The van der Waals surface area contributed by atoms with Gasteiger partial charge in [0.05, 0.1) is 13.3 Å². The van der Waals surface area contributed by atoms with Crippen molar-refractivity contribution in [2.45, 2.75) is 6.61 Å². The number of H-pyrrole nitrogens is 1. The molecule has 0 saturated carbocycles. The van der Waals surface area contributed by atoms with Crippen LogP contribution in [0.3, 0.4) is 0 Å². The fourth-order valence-electron chi connectivity index (χ4n) is 2.11. The molecule has 0 aliphatic rings. The predicted octanol–water partition coefficient (Wildman–Crippen LogP) is 3.12. The molecule has 0 aliphatic heterocycles. The summed E-state index contributed by atoms with van der Waals surface area (Å²) in [6, 6.07) is 14.0. The number of hydrogen-bond donors (Lipinski definition) is 2. The highest BCUT2D eigenvalue weighted by Gasteiger charge is 2.07. The number of hydrogen-bond acceptors (Lipinski definition) is 6. The Bertz CT molecular complexity index is 949. The smallest absolute Gasteiger partial charge is 0.216 e. The summed E-state index contributed by atoms with van der Waals surface area (Å²) in [7, 11) is 1.60. The summed E-state index contributed by atoms with van der Waals surface area (Å²) in [5.74, 6) is 2.04. The Kier molecular flexibility index (Phi) is 5.10. The molecule has 0 amide bonds. The largest absolute Gasteiger partial charge is 0.508 e. The van der Waals surface area contributed by atoms with Crippen LogP contribution in [0.1, 0.15) is 11.4 Å². The van der Waals surface area contributed by atoms with E-state index in [4.69, 9.17) is 21.7 Å². The Hall–Kier alpha value is -3.13. The van der Waals surface area contributed by atoms with Crippen molar-refractivity contribution >= 4 is 18.4 Å². The third-order valence-electron chi connectivity index (χ3n) is 3.32. The van der Waals surface area contributed by atoms with Crippen LogP contribution in [0.4, 0.5) is 0 Å². The first-order chi connectivity index (χ1) is 12.2. The minimum absolute atomic E-state index is 0.168. The lowest BCUT2D eigenvalue weighted by atomic mass is 10.2. The van der Waals surface area contributed by atoms with Gasteiger partial charge in [-0.2, -0.15) is 14.9 Å². The molecule has 2 aromatic carbocycles. The van der Waals surface area contributed by atoms with E-state index in [1.165, 1.54) is 4.68 Å². The van der Waals surface area contributed by atoms with Gasteiger partial charge in [-0.3, -0.25) is 0 Å². The minimum atomic E-state index is 0.168. The molecule has 8 heteroatoms. The van der Waals surface area contributed by atoms with Gasteiger partial charge in [-0.25, -0.2) is 5.10 Å². The Labute approximate surface area is 149 Å². The second kappa shape index (κ2) is 7.63. The van der Waals surface area contributed by atoms with E-state index < -0.39 is 0 Å². The van der Waals surface area contributed by atoms with Gasteiger partial charge in [0, 0.05) is 6.07 Å². The van der Waals surface area contributed by atoms with E-state index >= 15 is 0 Å². The number of benzene rings is 2. The zero-order valence-electron chi connectivity index (χ0n) is 13.4. The third-order valence-corrected chi connectivity index (χ3v) is 3.58. The van der Waals surface area contributed by atoms with Gasteiger partial charge in [-0.05, 0) is 42.0 Å². The van der Waals surface area contributed by atoms with Crippen LogP contribution in [-0.4, -0.2) is 33.3 Å². The number of methoxy groups -OCH3 is 1. The summed E-state index contributed by atoms with van der Waals surface area (Å²) in [6.07, 6.45) is 1.58. The lowest BCUT2D eigenvalue weighted by Gasteiger charge is -2.07. The molecule has 0 bridgehead atoms. The van der Waals surface area contributed by atoms with E-state index in [0.29, 0.717) is 22.1 Å². The lowest BCUT2D eigenvalue weighted by molar-refractivity contribution is 0.288.